The summed E-state index contributed by atoms with van der Waals surface area (Å²) in [5.74, 6) is 0.423. The van der Waals surface area contributed by atoms with Gasteiger partial charge in [0.2, 0.25) is 5.91 Å². The van der Waals surface area contributed by atoms with Gasteiger partial charge in [-0.1, -0.05) is 67.0 Å². The van der Waals surface area contributed by atoms with Gasteiger partial charge in [-0.15, -0.1) is 21.5 Å². The molecule has 0 spiro atoms. The quantitative estimate of drug-likeness (QED) is 0.299. The monoisotopic (exact) mass is 457 g/mol. The van der Waals surface area contributed by atoms with Gasteiger partial charge in [0.15, 0.2) is 0 Å². The first-order chi connectivity index (χ1) is 14.6. The average molecular weight is 458 g/mol. The molecule has 2 heterocycles. The third kappa shape index (κ3) is 4.86. The minimum Gasteiger partial charge on any atom is -0.410 e. The zero-order valence-corrected chi connectivity index (χ0v) is 18.7. The fraction of sp³-hybridized carbons (Fsp3) is 0.227. The zero-order valence-electron chi connectivity index (χ0n) is 16.4. The van der Waals surface area contributed by atoms with Crippen LogP contribution in [0.15, 0.2) is 58.2 Å². The Kier molecular flexibility index (Phi) is 6.72. The van der Waals surface area contributed by atoms with E-state index in [4.69, 9.17) is 16.0 Å². The second-order valence-electron chi connectivity index (χ2n) is 6.75. The molecule has 0 aliphatic carbocycles. The number of thiophene rings is 1. The Morgan fingerprint density at radius 2 is 1.97 bits per heavy atom. The van der Waals surface area contributed by atoms with E-state index in [0.29, 0.717) is 16.1 Å². The highest BCUT2D eigenvalue weighted by Crippen LogP contribution is 2.41. The maximum atomic E-state index is 12.3. The van der Waals surface area contributed by atoms with Gasteiger partial charge in [0, 0.05) is 15.8 Å². The number of carbonyl (C=O) groups excluding carboxylic acids is 1. The largest absolute Gasteiger partial charge is 0.410 e. The molecule has 30 heavy (non-hydrogen) atoms. The number of amides is 1. The Bertz CT molecular complexity index is 1150. The highest BCUT2D eigenvalue weighted by molar-refractivity contribution is 7.99. The van der Waals surface area contributed by atoms with E-state index < -0.39 is 0 Å². The highest BCUT2D eigenvalue weighted by atomic mass is 35.5. The Balaban J connectivity index is 1.35. The van der Waals surface area contributed by atoms with Gasteiger partial charge < -0.3 is 9.73 Å². The lowest BCUT2D eigenvalue weighted by molar-refractivity contribution is -0.113. The maximum Gasteiger partial charge on any atom is 0.277 e. The van der Waals surface area contributed by atoms with Crippen LogP contribution in [0.2, 0.25) is 5.02 Å². The number of aromatic nitrogens is 2. The van der Waals surface area contributed by atoms with Crippen molar-refractivity contribution in [3.63, 3.8) is 0 Å². The fourth-order valence-corrected chi connectivity index (χ4v) is 4.97. The van der Waals surface area contributed by atoms with Gasteiger partial charge in [0.1, 0.15) is 4.88 Å². The molecular weight excluding hydrogens is 438 g/mol. The van der Waals surface area contributed by atoms with E-state index in [-0.39, 0.29) is 11.7 Å². The Morgan fingerprint density at radius 3 is 2.73 bits per heavy atom. The first kappa shape index (κ1) is 20.9. The average Bonchev–Trinajstić information content (AvgIpc) is 3.36. The van der Waals surface area contributed by atoms with E-state index in [1.165, 1.54) is 41.5 Å². The van der Waals surface area contributed by atoms with Gasteiger partial charge in [-0.05, 0) is 36.6 Å². The Hall–Kier alpha value is -2.35. The molecule has 1 amide bonds. The van der Waals surface area contributed by atoms with Gasteiger partial charge in [-0.25, -0.2) is 0 Å². The summed E-state index contributed by atoms with van der Waals surface area (Å²) in [7, 11) is 0. The molecule has 0 fully saturated rings. The maximum absolute atomic E-state index is 12.3. The van der Waals surface area contributed by atoms with Gasteiger partial charge >= 0.3 is 0 Å². The minimum atomic E-state index is -0.124. The number of hydrogen-bond acceptors (Lipinski definition) is 6. The van der Waals surface area contributed by atoms with Gasteiger partial charge in [0.05, 0.1) is 10.8 Å². The van der Waals surface area contributed by atoms with Crippen molar-refractivity contribution in [1.82, 2.24) is 10.2 Å². The number of nitrogens with one attached hydrogen (secondary N) is 1. The normalized spacial score (nSPS) is 11.1. The van der Waals surface area contributed by atoms with Crippen LogP contribution in [-0.2, 0) is 11.2 Å². The lowest BCUT2D eigenvalue weighted by Crippen LogP contribution is -2.13. The molecule has 0 saturated carbocycles. The number of halogens is 1. The molecule has 0 unspecified atom stereocenters. The molecule has 4 aromatic rings. The van der Waals surface area contributed by atoms with Crippen LogP contribution in [0.25, 0.3) is 20.9 Å². The van der Waals surface area contributed by atoms with E-state index in [9.17, 15) is 4.79 Å². The van der Waals surface area contributed by atoms with Crippen molar-refractivity contribution in [2.24, 2.45) is 0 Å². The van der Waals surface area contributed by atoms with Crippen molar-refractivity contribution in [2.45, 2.75) is 31.4 Å². The van der Waals surface area contributed by atoms with Crippen LogP contribution >= 0.6 is 34.7 Å². The molecule has 0 bridgehead atoms. The topological polar surface area (TPSA) is 68.0 Å². The summed E-state index contributed by atoms with van der Waals surface area (Å²) >= 11 is 9.17. The van der Waals surface area contributed by atoms with Crippen LogP contribution in [0.4, 0.5) is 5.69 Å². The minimum absolute atomic E-state index is 0.124. The highest BCUT2D eigenvalue weighted by Gasteiger charge is 2.18. The molecule has 0 aliphatic heterocycles. The first-order valence-electron chi connectivity index (χ1n) is 9.66. The van der Waals surface area contributed by atoms with Crippen molar-refractivity contribution in [3.8, 4) is 10.8 Å². The number of benzene rings is 2. The predicted octanol–water partition coefficient (Wildman–Crippen LogP) is 6.68. The summed E-state index contributed by atoms with van der Waals surface area (Å²) in [6, 6.07) is 15.8. The van der Waals surface area contributed by atoms with E-state index in [0.717, 1.165) is 27.1 Å². The summed E-state index contributed by atoms with van der Waals surface area (Å²) in [6.07, 6.45) is 3.40. The number of nitrogens with zero attached hydrogens (tertiary/aromatic N) is 2. The van der Waals surface area contributed by atoms with E-state index >= 15 is 0 Å². The number of thioether (sulfide) groups is 1. The summed E-state index contributed by atoms with van der Waals surface area (Å²) in [5.41, 5.74) is 2.06. The fourth-order valence-electron chi connectivity index (χ4n) is 2.97. The van der Waals surface area contributed by atoms with Crippen LogP contribution in [0, 0.1) is 0 Å². The Morgan fingerprint density at radius 1 is 1.17 bits per heavy atom. The second kappa shape index (κ2) is 9.64. The van der Waals surface area contributed by atoms with Crippen LogP contribution in [-0.4, -0.2) is 21.9 Å². The van der Waals surface area contributed by atoms with E-state index in [1.807, 2.05) is 36.4 Å². The molecule has 0 saturated heterocycles. The molecular formula is C22H20ClN3O2S2. The van der Waals surface area contributed by atoms with E-state index in [1.54, 1.807) is 0 Å². The van der Waals surface area contributed by atoms with Crippen LogP contribution in [0.1, 0.15) is 25.3 Å². The summed E-state index contributed by atoms with van der Waals surface area (Å²) < 4.78 is 6.78. The molecule has 5 nitrogen and oxygen atoms in total. The van der Waals surface area contributed by atoms with Crippen molar-refractivity contribution in [2.75, 3.05) is 11.1 Å². The number of unbranched alkanes of at least 4 members (excludes halogenated alkanes) is 1. The lowest BCUT2D eigenvalue weighted by Gasteiger charge is -2.05. The molecule has 154 valence electrons. The number of aryl methyl sites for hydroxylation is 1. The predicted molar refractivity (Wildman–Crippen MR) is 125 cm³/mol. The standard InChI is InChI=1S/C22H20ClN3O2S2/c1-2-3-6-14-9-11-15(12-10-14)24-18(27)13-29-22-26-25-21(28-22)20-19(23)16-7-4-5-8-17(16)30-20/h4-5,7-12H,2-3,6,13H2,1H3,(H,24,27). The van der Waals surface area contributed by atoms with Crippen molar-refractivity contribution >= 4 is 56.4 Å². The molecule has 2 aromatic carbocycles. The molecule has 1 N–H and O–H groups in total. The van der Waals surface area contributed by atoms with Gasteiger partial charge in [-0.2, -0.15) is 0 Å². The SMILES string of the molecule is CCCCc1ccc(NC(=O)CSc2nnc(-c3sc4ccccc4c3Cl)o2)cc1. The summed E-state index contributed by atoms with van der Waals surface area (Å²) in [4.78, 5) is 13.0. The molecule has 0 radical (unpaired) electrons. The molecule has 2 aromatic heterocycles. The number of carbonyl (C=O) groups is 1. The number of anilines is 1. The molecule has 0 aliphatic rings. The number of fused-ring (bicyclic) bond motifs is 1. The Labute approximate surface area is 187 Å². The van der Waals surface area contributed by atoms with Crippen LogP contribution in [0.5, 0.6) is 0 Å². The first-order valence-corrected chi connectivity index (χ1v) is 11.8. The third-order valence-electron chi connectivity index (χ3n) is 4.52. The van der Waals surface area contributed by atoms with E-state index in [2.05, 4.69) is 34.6 Å². The molecule has 4 rings (SSSR count). The molecule has 8 heteroatoms. The van der Waals surface area contributed by atoms with Crippen molar-refractivity contribution in [3.05, 3.63) is 59.1 Å². The summed E-state index contributed by atoms with van der Waals surface area (Å²) in [5, 5.41) is 12.9. The number of hydrogen-bond donors (Lipinski definition) is 1. The van der Waals surface area contributed by atoms with Crippen molar-refractivity contribution < 1.29 is 9.21 Å². The van der Waals surface area contributed by atoms with Crippen LogP contribution < -0.4 is 5.32 Å². The number of rotatable bonds is 8. The lowest BCUT2D eigenvalue weighted by atomic mass is 10.1. The smallest absolute Gasteiger partial charge is 0.277 e. The van der Waals surface area contributed by atoms with Crippen molar-refractivity contribution in [1.29, 1.82) is 0 Å². The van der Waals surface area contributed by atoms with Crippen LogP contribution in [0.3, 0.4) is 0 Å². The zero-order chi connectivity index (χ0) is 20.9. The van der Waals surface area contributed by atoms with Gasteiger partial charge in [-0.3, -0.25) is 4.79 Å². The molecule has 0 atom stereocenters. The van der Waals surface area contributed by atoms with Gasteiger partial charge in [0.25, 0.3) is 11.1 Å². The summed E-state index contributed by atoms with van der Waals surface area (Å²) in [6.45, 7) is 2.18. The third-order valence-corrected chi connectivity index (χ3v) is 7.00. The second-order valence-corrected chi connectivity index (χ2v) is 9.11.